The molecule has 2 aliphatic heterocycles. The zero-order chi connectivity index (χ0) is 26.2. The van der Waals surface area contributed by atoms with Gasteiger partial charge in [0.25, 0.3) is 6.71 Å². The van der Waals surface area contributed by atoms with Gasteiger partial charge in [0, 0.05) is 16.2 Å². The molecule has 0 saturated heterocycles. The van der Waals surface area contributed by atoms with E-state index in [-0.39, 0.29) is 6.71 Å². The first-order valence-electron chi connectivity index (χ1n) is 13.5. The third-order valence-electron chi connectivity index (χ3n) is 8.21. The highest BCUT2D eigenvalue weighted by Crippen LogP contribution is 2.37. The number of para-hydroxylation sites is 2. The van der Waals surface area contributed by atoms with Gasteiger partial charge in [-0.15, -0.1) is 0 Å². The molecule has 0 N–H and O–H groups in total. The molecule has 2 aliphatic rings. The molecule has 0 aliphatic carbocycles. The zero-order valence-corrected chi connectivity index (χ0v) is 21.4. The Morgan fingerprint density at radius 1 is 0.400 bits per heavy atom. The molecule has 6 aromatic carbocycles. The van der Waals surface area contributed by atoms with Crippen molar-refractivity contribution >= 4 is 45.0 Å². The Morgan fingerprint density at radius 3 is 1.90 bits per heavy atom. The topological polar surface area (TPSA) is 31.6 Å². The minimum atomic E-state index is 0.0554. The molecule has 0 unspecified atom stereocenters. The molecule has 0 amide bonds. The Balaban J connectivity index is 1.17. The van der Waals surface area contributed by atoms with Crippen LogP contribution in [0.15, 0.2) is 132 Å². The van der Waals surface area contributed by atoms with E-state index in [0.717, 1.165) is 67.0 Å². The van der Waals surface area contributed by atoms with Gasteiger partial charge in [-0.2, -0.15) is 0 Å². The van der Waals surface area contributed by atoms with Crippen LogP contribution in [0.4, 0.5) is 0 Å². The number of hydrogen-bond donors (Lipinski definition) is 0. The minimum absolute atomic E-state index is 0.0554. The second kappa shape index (κ2) is 8.14. The molecule has 0 spiro atoms. The number of furan rings is 1. The maximum atomic E-state index is 6.40. The largest absolute Gasteiger partial charge is 0.458 e. The van der Waals surface area contributed by atoms with E-state index < -0.39 is 0 Å². The first-order chi connectivity index (χ1) is 19.8. The fourth-order valence-corrected chi connectivity index (χ4v) is 6.34. The van der Waals surface area contributed by atoms with Gasteiger partial charge in [0.1, 0.15) is 34.2 Å². The molecule has 3 nitrogen and oxygen atoms in total. The highest BCUT2D eigenvalue weighted by Gasteiger charge is 2.39. The van der Waals surface area contributed by atoms with Crippen LogP contribution in [0.1, 0.15) is 0 Å². The molecule has 4 heteroatoms. The molecule has 0 saturated carbocycles. The molecule has 0 atom stereocenters. The van der Waals surface area contributed by atoms with Crippen molar-refractivity contribution in [2.45, 2.75) is 0 Å². The van der Waals surface area contributed by atoms with E-state index in [1.54, 1.807) is 0 Å². The Hall–Kier alpha value is -5.22. The Labute approximate surface area is 231 Å². The average Bonchev–Trinajstić information content (AvgIpc) is 3.39. The van der Waals surface area contributed by atoms with Gasteiger partial charge < -0.3 is 13.9 Å². The molecule has 7 aromatic rings. The number of rotatable bonds is 2. The molecule has 0 fully saturated rings. The zero-order valence-electron chi connectivity index (χ0n) is 21.4. The maximum Gasteiger partial charge on any atom is 0.260 e. The van der Waals surface area contributed by atoms with Gasteiger partial charge >= 0.3 is 0 Å². The third kappa shape index (κ3) is 3.14. The normalized spacial score (nSPS) is 12.8. The molecule has 3 heterocycles. The van der Waals surface area contributed by atoms with Crippen molar-refractivity contribution < 1.29 is 13.9 Å². The summed E-state index contributed by atoms with van der Waals surface area (Å²) in [7, 11) is 0. The van der Waals surface area contributed by atoms with Crippen LogP contribution >= 0.6 is 0 Å². The first kappa shape index (κ1) is 21.7. The number of benzene rings is 6. The number of fused-ring (bicyclic) bond motifs is 7. The molecule has 40 heavy (non-hydrogen) atoms. The van der Waals surface area contributed by atoms with Crippen molar-refractivity contribution in [1.29, 1.82) is 0 Å². The van der Waals surface area contributed by atoms with Gasteiger partial charge in [-0.3, -0.25) is 0 Å². The van der Waals surface area contributed by atoms with Gasteiger partial charge in [-0.25, -0.2) is 0 Å². The predicted molar refractivity (Wildman–Crippen MR) is 162 cm³/mol. The summed E-state index contributed by atoms with van der Waals surface area (Å²) in [5.41, 5.74) is 9.90. The molecule has 186 valence electrons. The van der Waals surface area contributed by atoms with Crippen LogP contribution in [0.25, 0.3) is 44.2 Å². The van der Waals surface area contributed by atoms with Crippen LogP contribution in [0.3, 0.4) is 0 Å². The van der Waals surface area contributed by atoms with Crippen LogP contribution in [0.5, 0.6) is 23.0 Å². The standard InChI is InChI=1S/C36H21BO3/c1-3-11-30-26(9-1)27-20-24(15-17-31(27)38-30)22-7-5-8-23(19-22)25-16-18-33-29(21-25)37-28-10-2-4-12-32(28)39-34-13-6-14-35(40-33)36(34)37/h1-21H. The lowest BCUT2D eigenvalue weighted by Gasteiger charge is -2.33. The van der Waals surface area contributed by atoms with Gasteiger partial charge in [0.05, 0.1) is 0 Å². The number of ether oxygens (including phenoxy) is 2. The van der Waals surface area contributed by atoms with Gasteiger partial charge in [-0.1, -0.05) is 78.9 Å². The smallest absolute Gasteiger partial charge is 0.260 e. The minimum Gasteiger partial charge on any atom is -0.458 e. The average molecular weight is 512 g/mol. The number of hydrogen-bond acceptors (Lipinski definition) is 3. The lowest BCUT2D eigenvalue weighted by Crippen LogP contribution is -2.57. The lowest BCUT2D eigenvalue weighted by atomic mass is 9.35. The molecule has 9 rings (SSSR count). The van der Waals surface area contributed by atoms with Gasteiger partial charge in [0.15, 0.2) is 0 Å². The van der Waals surface area contributed by atoms with E-state index in [1.807, 2.05) is 42.5 Å². The van der Waals surface area contributed by atoms with Crippen molar-refractivity contribution in [3.8, 4) is 45.3 Å². The quantitative estimate of drug-likeness (QED) is 0.223. The fraction of sp³-hybridized carbons (Fsp3) is 0. The van der Waals surface area contributed by atoms with Crippen LogP contribution in [-0.4, -0.2) is 6.71 Å². The van der Waals surface area contributed by atoms with Crippen molar-refractivity contribution in [3.63, 3.8) is 0 Å². The first-order valence-corrected chi connectivity index (χ1v) is 13.5. The second-order valence-corrected chi connectivity index (χ2v) is 10.5. The Kier molecular flexibility index (Phi) is 4.41. The maximum absolute atomic E-state index is 6.40. The van der Waals surface area contributed by atoms with Crippen LogP contribution in [0, 0.1) is 0 Å². The van der Waals surface area contributed by atoms with Crippen molar-refractivity contribution in [1.82, 2.24) is 0 Å². The molecular formula is C36H21BO3. The Morgan fingerprint density at radius 2 is 1.02 bits per heavy atom. The second-order valence-electron chi connectivity index (χ2n) is 10.5. The highest BCUT2D eigenvalue weighted by molar-refractivity contribution is 6.98. The summed E-state index contributed by atoms with van der Waals surface area (Å²) in [6, 6.07) is 44.3. The summed E-state index contributed by atoms with van der Waals surface area (Å²) in [5.74, 6) is 3.52. The summed E-state index contributed by atoms with van der Waals surface area (Å²) in [5, 5.41) is 2.28. The Bertz CT molecular complexity index is 2130. The van der Waals surface area contributed by atoms with E-state index in [2.05, 4.69) is 84.9 Å². The van der Waals surface area contributed by atoms with Crippen molar-refractivity contribution in [2.75, 3.05) is 0 Å². The van der Waals surface area contributed by atoms with Crippen LogP contribution in [-0.2, 0) is 0 Å². The third-order valence-corrected chi connectivity index (χ3v) is 8.21. The summed E-state index contributed by atoms with van der Waals surface area (Å²) in [4.78, 5) is 0. The van der Waals surface area contributed by atoms with Crippen molar-refractivity contribution in [2.24, 2.45) is 0 Å². The van der Waals surface area contributed by atoms with Gasteiger partial charge in [0.2, 0.25) is 0 Å². The van der Waals surface area contributed by atoms with Crippen LogP contribution in [0.2, 0.25) is 0 Å². The van der Waals surface area contributed by atoms with Gasteiger partial charge in [-0.05, 0) is 81.7 Å². The molecule has 0 bridgehead atoms. The fourth-order valence-electron chi connectivity index (χ4n) is 6.34. The van der Waals surface area contributed by atoms with E-state index in [1.165, 1.54) is 16.6 Å². The van der Waals surface area contributed by atoms with E-state index in [0.29, 0.717) is 0 Å². The highest BCUT2D eigenvalue weighted by atomic mass is 16.5. The predicted octanol–water partition coefficient (Wildman–Crippen LogP) is 7.65. The summed E-state index contributed by atoms with van der Waals surface area (Å²) in [6.07, 6.45) is 0. The van der Waals surface area contributed by atoms with Crippen LogP contribution < -0.4 is 25.9 Å². The van der Waals surface area contributed by atoms with E-state index in [9.17, 15) is 0 Å². The monoisotopic (exact) mass is 512 g/mol. The summed E-state index contributed by atoms with van der Waals surface area (Å²) >= 11 is 0. The summed E-state index contributed by atoms with van der Waals surface area (Å²) < 4.78 is 18.7. The molecular weight excluding hydrogens is 491 g/mol. The lowest BCUT2D eigenvalue weighted by molar-refractivity contribution is 0.464. The molecule has 0 radical (unpaired) electrons. The van der Waals surface area contributed by atoms with Crippen molar-refractivity contribution in [3.05, 3.63) is 127 Å². The molecule has 1 aromatic heterocycles. The SMILES string of the molecule is c1cc(-c2ccc3c(c2)B2c4ccccc4Oc4cccc(c42)O3)cc(-c2ccc3oc4ccccc4c3c2)c1. The summed E-state index contributed by atoms with van der Waals surface area (Å²) in [6.45, 7) is 0.0554. The van der Waals surface area contributed by atoms with E-state index in [4.69, 9.17) is 13.9 Å². The van der Waals surface area contributed by atoms with E-state index >= 15 is 0 Å².